The average molecular weight is 363 g/mol. The summed E-state index contributed by atoms with van der Waals surface area (Å²) in [5, 5.41) is 13.7. The van der Waals surface area contributed by atoms with Crippen LogP contribution in [-0.2, 0) is 23.4 Å². The van der Waals surface area contributed by atoms with Crippen LogP contribution in [0.5, 0.6) is 0 Å². The number of thioether (sulfide) groups is 1. The van der Waals surface area contributed by atoms with Gasteiger partial charge >= 0.3 is 0 Å². The first-order valence-electron chi connectivity index (χ1n) is 7.34. The van der Waals surface area contributed by atoms with Gasteiger partial charge in [0.25, 0.3) is 0 Å². The number of nitrogens with one attached hydrogen (secondary N) is 1. The average Bonchev–Trinajstić information content (AvgIpc) is 3.09. The van der Waals surface area contributed by atoms with Crippen molar-refractivity contribution in [2.24, 2.45) is 0 Å². The van der Waals surface area contributed by atoms with Gasteiger partial charge in [-0.2, -0.15) is 5.26 Å². The molecule has 2 aromatic rings. The third-order valence-corrected chi connectivity index (χ3v) is 6.16. The topological polar surface area (TPSA) is 52.9 Å². The van der Waals surface area contributed by atoms with E-state index in [4.69, 9.17) is 11.6 Å². The van der Waals surface area contributed by atoms with Gasteiger partial charge in [0.2, 0.25) is 5.91 Å². The second-order valence-electron chi connectivity index (χ2n) is 5.34. The number of amides is 1. The van der Waals surface area contributed by atoms with E-state index >= 15 is 0 Å². The molecule has 0 fully saturated rings. The molecule has 0 atom stereocenters. The van der Waals surface area contributed by atoms with E-state index in [9.17, 15) is 10.1 Å². The van der Waals surface area contributed by atoms with Crippen molar-refractivity contribution in [3.05, 3.63) is 50.9 Å². The van der Waals surface area contributed by atoms with Gasteiger partial charge in [0.1, 0.15) is 11.1 Å². The van der Waals surface area contributed by atoms with Crippen molar-refractivity contribution in [2.45, 2.75) is 25.0 Å². The molecule has 118 valence electrons. The van der Waals surface area contributed by atoms with Crippen LogP contribution in [0.15, 0.2) is 24.3 Å². The largest absolute Gasteiger partial charge is 0.316 e. The Bertz CT molecular complexity index is 762. The Labute approximate surface area is 148 Å². The van der Waals surface area contributed by atoms with E-state index in [2.05, 4.69) is 11.4 Å². The monoisotopic (exact) mass is 362 g/mol. The van der Waals surface area contributed by atoms with Gasteiger partial charge in [-0.15, -0.1) is 23.1 Å². The molecule has 1 aliphatic carbocycles. The lowest BCUT2D eigenvalue weighted by molar-refractivity contribution is -0.113. The van der Waals surface area contributed by atoms with Crippen LogP contribution in [0, 0.1) is 11.3 Å². The summed E-state index contributed by atoms with van der Waals surface area (Å²) in [5.41, 5.74) is 2.94. The molecule has 0 unspecified atom stereocenters. The van der Waals surface area contributed by atoms with Crippen LogP contribution in [0.1, 0.15) is 28.0 Å². The quantitative estimate of drug-likeness (QED) is 0.843. The summed E-state index contributed by atoms with van der Waals surface area (Å²) in [5.74, 6) is 1.08. The maximum absolute atomic E-state index is 12.1. The molecule has 23 heavy (non-hydrogen) atoms. The highest BCUT2D eigenvalue weighted by Gasteiger charge is 2.22. The first-order valence-corrected chi connectivity index (χ1v) is 9.69. The van der Waals surface area contributed by atoms with E-state index in [0.29, 0.717) is 21.3 Å². The molecular formula is C17H15ClN2OS2. The van der Waals surface area contributed by atoms with Gasteiger partial charge < -0.3 is 5.32 Å². The van der Waals surface area contributed by atoms with Gasteiger partial charge in [-0.05, 0) is 42.5 Å². The summed E-state index contributed by atoms with van der Waals surface area (Å²) in [6, 6.07) is 9.87. The van der Waals surface area contributed by atoms with Crippen LogP contribution in [0.4, 0.5) is 5.00 Å². The van der Waals surface area contributed by atoms with Crippen LogP contribution in [-0.4, -0.2) is 11.7 Å². The smallest absolute Gasteiger partial charge is 0.235 e. The van der Waals surface area contributed by atoms with Gasteiger partial charge in [-0.25, -0.2) is 0 Å². The van der Waals surface area contributed by atoms with Gasteiger partial charge in [0, 0.05) is 15.7 Å². The fourth-order valence-corrected chi connectivity index (χ4v) is 4.79. The van der Waals surface area contributed by atoms with Crippen LogP contribution in [0.2, 0.25) is 5.02 Å². The molecule has 1 heterocycles. The molecule has 0 radical (unpaired) electrons. The van der Waals surface area contributed by atoms with Gasteiger partial charge in [0.15, 0.2) is 0 Å². The van der Waals surface area contributed by atoms with Crippen molar-refractivity contribution in [2.75, 3.05) is 11.1 Å². The Morgan fingerprint density at radius 2 is 2.13 bits per heavy atom. The number of carbonyl (C=O) groups is 1. The predicted molar refractivity (Wildman–Crippen MR) is 97.3 cm³/mol. The van der Waals surface area contributed by atoms with Crippen molar-refractivity contribution < 1.29 is 4.79 Å². The molecule has 3 rings (SSSR count). The van der Waals surface area contributed by atoms with E-state index in [0.717, 1.165) is 36.1 Å². The van der Waals surface area contributed by atoms with Gasteiger partial charge in [-0.1, -0.05) is 23.7 Å². The molecule has 1 amide bonds. The fourth-order valence-electron chi connectivity index (χ4n) is 2.62. The maximum Gasteiger partial charge on any atom is 0.235 e. The highest BCUT2D eigenvalue weighted by molar-refractivity contribution is 7.99. The number of nitrogens with zero attached hydrogens (tertiary/aromatic N) is 1. The van der Waals surface area contributed by atoms with Crippen molar-refractivity contribution in [1.29, 1.82) is 5.26 Å². The Morgan fingerprint density at radius 3 is 2.87 bits per heavy atom. The number of thiophene rings is 1. The number of aryl methyl sites for hydroxylation is 1. The number of hydrogen-bond acceptors (Lipinski definition) is 4. The summed E-state index contributed by atoms with van der Waals surface area (Å²) in [6.07, 6.45) is 3.09. The molecule has 1 aromatic carbocycles. The lowest BCUT2D eigenvalue weighted by Gasteiger charge is -2.04. The lowest BCUT2D eigenvalue weighted by Crippen LogP contribution is -2.14. The van der Waals surface area contributed by atoms with Crippen LogP contribution >= 0.6 is 34.7 Å². The Morgan fingerprint density at radius 1 is 1.35 bits per heavy atom. The van der Waals surface area contributed by atoms with Crippen molar-refractivity contribution in [3.63, 3.8) is 0 Å². The number of fused-ring (bicyclic) bond motifs is 1. The van der Waals surface area contributed by atoms with E-state index in [1.165, 1.54) is 4.88 Å². The zero-order chi connectivity index (χ0) is 16.2. The molecule has 0 saturated carbocycles. The second-order valence-corrected chi connectivity index (χ2v) is 7.87. The zero-order valence-electron chi connectivity index (χ0n) is 12.4. The summed E-state index contributed by atoms with van der Waals surface area (Å²) < 4.78 is 0. The summed E-state index contributed by atoms with van der Waals surface area (Å²) in [6.45, 7) is 0. The van der Waals surface area contributed by atoms with E-state index in [1.807, 2.05) is 24.3 Å². The molecule has 0 aliphatic heterocycles. The Balaban J connectivity index is 1.54. The first-order chi connectivity index (χ1) is 11.2. The van der Waals surface area contributed by atoms with E-state index in [1.54, 1.807) is 23.1 Å². The van der Waals surface area contributed by atoms with Crippen molar-refractivity contribution >= 4 is 45.6 Å². The van der Waals surface area contributed by atoms with Crippen LogP contribution < -0.4 is 5.32 Å². The van der Waals surface area contributed by atoms with Crippen LogP contribution in [0.3, 0.4) is 0 Å². The minimum Gasteiger partial charge on any atom is -0.316 e. The molecule has 6 heteroatoms. The normalized spacial score (nSPS) is 12.7. The number of carbonyl (C=O) groups excluding carboxylic acids is 1. The molecule has 1 N–H and O–H groups in total. The van der Waals surface area contributed by atoms with E-state index < -0.39 is 0 Å². The zero-order valence-corrected chi connectivity index (χ0v) is 14.8. The number of anilines is 1. The minimum atomic E-state index is -0.0552. The van der Waals surface area contributed by atoms with E-state index in [-0.39, 0.29) is 5.91 Å². The standard InChI is InChI=1S/C17H15ClN2OS2/c18-12-6-4-11(5-7-12)9-22-10-16(21)20-17-14(8-19)13-2-1-3-15(13)23-17/h4-7H,1-3,9-10H2,(H,20,21). The van der Waals surface area contributed by atoms with Crippen molar-refractivity contribution in [3.8, 4) is 6.07 Å². The van der Waals surface area contributed by atoms with Crippen molar-refractivity contribution in [1.82, 2.24) is 0 Å². The molecular weight excluding hydrogens is 348 g/mol. The predicted octanol–water partition coefficient (Wildman–Crippen LogP) is 4.63. The van der Waals surface area contributed by atoms with Gasteiger partial charge in [-0.3, -0.25) is 4.79 Å². The highest BCUT2D eigenvalue weighted by Crippen LogP contribution is 2.38. The van der Waals surface area contributed by atoms with Gasteiger partial charge in [0.05, 0.1) is 11.3 Å². The number of rotatable bonds is 5. The number of hydrogen-bond donors (Lipinski definition) is 1. The Hall–Kier alpha value is -1.48. The Kier molecular flexibility index (Phi) is 5.27. The third-order valence-electron chi connectivity index (χ3n) is 3.70. The molecule has 3 nitrogen and oxygen atoms in total. The molecule has 0 spiro atoms. The maximum atomic E-state index is 12.1. The number of benzene rings is 1. The minimum absolute atomic E-state index is 0.0552. The van der Waals surface area contributed by atoms with Crippen LogP contribution in [0.25, 0.3) is 0 Å². The molecule has 1 aromatic heterocycles. The first kappa shape index (κ1) is 16.4. The molecule has 0 bridgehead atoms. The number of nitriles is 1. The summed E-state index contributed by atoms with van der Waals surface area (Å²) in [7, 11) is 0. The third kappa shape index (κ3) is 3.89. The second kappa shape index (κ2) is 7.39. The molecule has 0 saturated heterocycles. The molecule has 1 aliphatic rings. The fraction of sp³-hybridized carbons (Fsp3) is 0.294. The highest BCUT2D eigenvalue weighted by atomic mass is 35.5. The summed E-state index contributed by atoms with van der Waals surface area (Å²) >= 11 is 8.96. The lowest BCUT2D eigenvalue weighted by atomic mass is 10.1. The number of halogens is 1. The SMILES string of the molecule is N#Cc1c(NC(=O)CSCc2ccc(Cl)cc2)sc2c1CCC2. The summed E-state index contributed by atoms with van der Waals surface area (Å²) in [4.78, 5) is 13.4.